The molecule has 1 heterocycles. The molecule has 4 N–H and O–H groups in total. The van der Waals surface area contributed by atoms with E-state index < -0.39 is 5.97 Å². The number of nitrogens with one attached hydrogen (secondary N) is 2. The van der Waals surface area contributed by atoms with Crippen molar-refractivity contribution < 1.29 is 14.3 Å². The van der Waals surface area contributed by atoms with Gasteiger partial charge in [-0.25, -0.2) is 14.8 Å². The van der Waals surface area contributed by atoms with Gasteiger partial charge in [0.1, 0.15) is 17.8 Å². The van der Waals surface area contributed by atoms with Crippen molar-refractivity contribution in [1.82, 2.24) is 9.97 Å². The van der Waals surface area contributed by atoms with Crippen molar-refractivity contribution in [3.63, 3.8) is 0 Å². The standard InChI is InChI=1S/C21H23N5O3/c1-3-28-15-11-9-14(10-12-15)25-19-18(22)20(24-13-23-19)26-17-8-6-5-7-16(17)21(27)29-4-2/h5-13H,3-4,22H2,1-2H3,(H2,23,24,25,26). The van der Waals surface area contributed by atoms with Gasteiger partial charge in [0.2, 0.25) is 0 Å². The number of rotatable bonds is 8. The molecule has 0 atom stereocenters. The number of ether oxygens (including phenoxy) is 2. The largest absolute Gasteiger partial charge is 0.494 e. The van der Waals surface area contributed by atoms with Crippen LogP contribution in [0.3, 0.4) is 0 Å². The zero-order chi connectivity index (χ0) is 20.6. The summed E-state index contributed by atoms with van der Waals surface area (Å²) in [5, 5.41) is 6.26. The number of aromatic nitrogens is 2. The van der Waals surface area contributed by atoms with Crippen LogP contribution in [0.1, 0.15) is 24.2 Å². The van der Waals surface area contributed by atoms with Crippen LogP contribution in [0.4, 0.5) is 28.7 Å². The van der Waals surface area contributed by atoms with Crippen LogP contribution in [0.25, 0.3) is 0 Å². The number of anilines is 5. The molecule has 29 heavy (non-hydrogen) atoms. The maximum Gasteiger partial charge on any atom is 0.340 e. The van der Waals surface area contributed by atoms with E-state index in [4.69, 9.17) is 15.2 Å². The molecular weight excluding hydrogens is 370 g/mol. The third-order valence-electron chi connectivity index (χ3n) is 3.99. The highest BCUT2D eigenvalue weighted by Crippen LogP contribution is 2.30. The quantitative estimate of drug-likeness (QED) is 0.490. The average molecular weight is 393 g/mol. The third kappa shape index (κ3) is 4.92. The lowest BCUT2D eigenvalue weighted by molar-refractivity contribution is 0.0527. The van der Waals surface area contributed by atoms with Gasteiger partial charge in [-0.05, 0) is 50.2 Å². The highest BCUT2D eigenvalue weighted by atomic mass is 16.5. The molecule has 2 aromatic carbocycles. The van der Waals surface area contributed by atoms with Crippen molar-refractivity contribution in [3.05, 3.63) is 60.4 Å². The van der Waals surface area contributed by atoms with Gasteiger partial charge in [-0.3, -0.25) is 0 Å². The number of para-hydroxylation sites is 1. The van der Waals surface area contributed by atoms with Crippen LogP contribution in [0.5, 0.6) is 5.75 Å². The van der Waals surface area contributed by atoms with E-state index >= 15 is 0 Å². The molecule has 0 saturated heterocycles. The highest BCUT2D eigenvalue weighted by Gasteiger charge is 2.15. The summed E-state index contributed by atoms with van der Waals surface area (Å²) in [6.07, 6.45) is 1.39. The lowest BCUT2D eigenvalue weighted by atomic mass is 10.2. The lowest BCUT2D eigenvalue weighted by Gasteiger charge is -2.14. The smallest absolute Gasteiger partial charge is 0.340 e. The predicted molar refractivity (Wildman–Crippen MR) is 113 cm³/mol. The first-order chi connectivity index (χ1) is 14.1. The molecule has 0 aliphatic heterocycles. The summed E-state index contributed by atoms with van der Waals surface area (Å²) in [6.45, 7) is 4.59. The number of carbonyl (C=O) groups is 1. The SMILES string of the molecule is CCOC(=O)c1ccccc1Nc1ncnc(Nc2ccc(OCC)cc2)c1N. The Morgan fingerprint density at radius 2 is 1.66 bits per heavy atom. The number of esters is 1. The fourth-order valence-corrected chi connectivity index (χ4v) is 2.64. The molecule has 8 nitrogen and oxygen atoms in total. The Hall–Kier alpha value is -3.81. The van der Waals surface area contributed by atoms with E-state index in [1.165, 1.54) is 6.33 Å². The van der Waals surface area contributed by atoms with Gasteiger partial charge in [-0.2, -0.15) is 0 Å². The van der Waals surface area contributed by atoms with Gasteiger partial charge >= 0.3 is 5.97 Å². The van der Waals surface area contributed by atoms with Gasteiger partial charge in [0, 0.05) is 5.69 Å². The number of nitrogen functional groups attached to an aromatic ring is 1. The van der Waals surface area contributed by atoms with Gasteiger partial charge in [0.25, 0.3) is 0 Å². The molecular formula is C21H23N5O3. The number of nitrogens with zero attached hydrogens (tertiary/aromatic N) is 2. The molecule has 0 bridgehead atoms. The van der Waals surface area contributed by atoms with Crippen LogP contribution < -0.4 is 21.1 Å². The second-order valence-electron chi connectivity index (χ2n) is 5.96. The monoisotopic (exact) mass is 393 g/mol. The first kappa shape index (κ1) is 19.9. The minimum atomic E-state index is -0.420. The van der Waals surface area contributed by atoms with Crippen molar-refractivity contribution in [3.8, 4) is 5.75 Å². The van der Waals surface area contributed by atoms with Gasteiger partial charge in [-0.1, -0.05) is 12.1 Å². The van der Waals surface area contributed by atoms with Crippen LogP contribution in [0, 0.1) is 0 Å². The normalized spacial score (nSPS) is 10.3. The minimum absolute atomic E-state index is 0.291. The molecule has 0 saturated carbocycles. The predicted octanol–water partition coefficient (Wildman–Crippen LogP) is 4.12. The Kier molecular flexibility index (Phi) is 6.47. The van der Waals surface area contributed by atoms with Crippen molar-refractivity contribution in [2.24, 2.45) is 0 Å². The summed E-state index contributed by atoms with van der Waals surface area (Å²) in [5.41, 5.74) is 8.31. The molecule has 0 amide bonds. The number of hydrogen-bond acceptors (Lipinski definition) is 8. The fourth-order valence-electron chi connectivity index (χ4n) is 2.64. The van der Waals surface area contributed by atoms with Crippen LogP contribution in [0.15, 0.2) is 54.9 Å². The first-order valence-electron chi connectivity index (χ1n) is 9.25. The van der Waals surface area contributed by atoms with Gasteiger partial charge in [-0.15, -0.1) is 0 Å². The van der Waals surface area contributed by atoms with Crippen LogP contribution in [-0.4, -0.2) is 29.2 Å². The zero-order valence-corrected chi connectivity index (χ0v) is 16.3. The molecule has 150 valence electrons. The first-order valence-corrected chi connectivity index (χ1v) is 9.25. The molecule has 0 aliphatic rings. The van der Waals surface area contributed by atoms with Crippen LogP contribution in [0.2, 0.25) is 0 Å². The Labute approximate surface area is 169 Å². The maximum atomic E-state index is 12.2. The second kappa shape index (κ2) is 9.41. The zero-order valence-electron chi connectivity index (χ0n) is 16.3. The van der Waals surface area contributed by atoms with Crippen LogP contribution >= 0.6 is 0 Å². The Morgan fingerprint density at radius 1 is 0.966 bits per heavy atom. The molecule has 0 unspecified atom stereocenters. The number of carbonyl (C=O) groups excluding carboxylic acids is 1. The summed E-state index contributed by atoms with van der Waals surface area (Å²) in [4.78, 5) is 20.6. The second-order valence-corrected chi connectivity index (χ2v) is 5.96. The summed E-state index contributed by atoms with van der Waals surface area (Å²) in [7, 11) is 0. The van der Waals surface area contributed by atoms with E-state index in [1.807, 2.05) is 37.3 Å². The Morgan fingerprint density at radius 3 is 2.34 bits per heavy atom. The molecule has 0 spiro atoms. The van der Waals surface area contributed by atoms with E-state index in [2.05, 4.69) is 20.6 Å². The molecule has 1 aromatic heterocycles. The Balaban J connectivity index is 1.82. The Bertz CT molecular complexity index is 976. The van der Waals surface area contributed by atoms with E-state index in [1.54, 1.807) is 25.1 Å². The van der Waals surface area contributed by atoms with Gasteiger partial charge in [0.05, 0.1) is 24.5 Å². The van der Waals surface area contributed by atoms with E-state index in [0.717, 1.165) is 11.4 Å². The summed E-state index contributed by atoms with van der Waals surface area (Å²) in [6, 6.07) is 14.5. The van der Waals surface area contributed by atoms with Gasteiger partial charge < -0.3 is 25.8 Å². The minimum Gasteiger partial charge on any atom is -0.494 e. The number of benzene rings is 2. The highest BCUT2D eigenvalue weighted by molar-refractivity contribution is 5.97. The molecule has 8 heteroatoms. The fraction of sp³-hybridized carbons (Fsp3) is 0.190. The summed E-state index contributed by atoms with van der Waals surface area (Å²) >= 11 is 0. The van der Waals surface area contributed by atoms with Crippen LogP contribution in [-0.2, 0) is 4.74 Å². The molecule has 0 aliphatic carbocycles. The van der Waals surface area contributed by atoms with Crippen molar-refractivity contribution in [2.75, 3.05) is 29.6 Å². The van der Waals surface area contributed by atoms with Crippen molar-refractivity contribution in [1.29, 1.82) is 0 Å². The molecule has 0 radical (unpaired) electrons. The molecule has 3 rings (SSSR count). The lowest BCUT2D eigenvalue weighted by Crippen LogP contribution is -2.10. The van der Waals surface area contributed by atoms with Gasteiger partial charge in [0.15, 0.2) is 11.6 Å². The average Bonchev–Trinajstić information content (AvgIpc) is 2.73. The number of hydrogen-bond donors (Lipinski definition) is 3. The van der Waals surface area contributed by atoms with Crippen molar-refractivity contribution >= 4 is 34.7 Å². The maximum absolute atomic E-state index is 12.2. The van der Waals surface area contributed by atoms with E-state index in [9.17, 15) is 4.79 Å². The molecule has 0 fully saturated rings. The van der Waals surface area contributed by atoms with E-state index in [-0.39, 0.29) is 0 Å². The summed E-state index contributed by atoms with van der Waals surface area (Å²) < 4.78 is 10.5. The molecule has 3 aromatic rings. The van der Waals surface area contributed by atoms with Crippen molar-refractivity contribution in [2.45, 2.75) is 13.8 Å². The third-order valence-corrected chi connectivity index (χ3v) is 3.99. The topological polar surface area (TPSA) is 111 Å². The number of nitrogens with two attached hydrogens (primary N) is 1. The summed E-state index contributed by atoms with van der Waals surface area (Å²) in [5.74, 6) is 1.19. The van der Waals surface area contributed by atoms with E-state index in [0.29, 0.717) is 41.8 Å².